The number of aliphatic hydroxyl groups excluding tert-OH is 2. The monoisotopic (exact) mass is 742 g/mol. The maximum absolute atomic E-state index is 12.4. The molecule has 2 unspecified atom stereocenters. The van der Waals surface area contributed by atoms with Gasteiger partial charge in [0.25, 0.3) is 0 Å². The van der Waals surface area contributed by atoms with Gasteiger partial charge >= 0.3 is 0 Å². The van der Waals surface area contributed by atoms with Gasteiger partial charge in [-0.2, -0.15) is 0 Å². The van der Waals surface area contributed by atoms with E-state index in [2.05, 4.69) is 55.6 Å². The Morgan fingerprint density at radius 2 is 0.774 bits per heavy atom. The number of rotatable bonds is 42. The van der Waals surface area contributed by atoms with Gasteiger partial charge in [-0.25, -0.2) is 0 Å². The summed E-state index contributed by atoms with van der Waals surface area (Å²) in [6, 6.07) is -0.623. The Hall–Kier alpha value is -1.65. The van der Waals surface area contributed by atoms with E-state index in [1.54, 1.807) is 6.08 Å². The molecular formula is C49H91NO3. The second kappa shape index (κ2) is 44.7. The van der Waals surface area contributed by atoms with E-state index in [9.17, 15) is 15.0 Å². The van der Waals surface area contributed by atoms with Gasteiger partial charge in [-0.15, -0.1) is 0 Å². The fourth-order valence-electron chi connectivity index (χ4n) is 6.95. The number of amides is 1. The van der Waals surface area contributed by atoms with Gasteiger partial charge in [0.2, 0.25) is 5.91 Å². The molecule has 4 nitrogen and oxygen atoms in total. The van der Waals surface area contributed by atoms with Crippen LogP contribution in [0.25, 0.3) is 0 Å². The maximum Gasteiger partial charge on any atom is 0.220 e. The molecule has 0 aromatic rings. The average molecular weight is 742 g/mol. The van der Waals surface area contributed by atoms with Crippen molar-refractivity contribution in [3.8, 4) is 0 Å². The fraction of sp³-hybridized carbons (Fsp3) is 0.816. The minimum atomic E-state index is -0.839. The van der Waals surface area contributed by atoms with Crippen molar-refractivity contribution in [1.82, 2.24) is 5.32 Å². The van der Waals surface area contributed by atoms with Crippen molar-refractivity contribution in [2.24, 2.45) is 0 Å². The summed E-state index contributed by atoms with van der Waals surface area (Å²) in [4.78, 5) is 12.4. The van der Waals surface area contributed by atoms with Gasteiger partial charge in [0.05, 0.1) is 18.8 Å². The molecule has 3 N–H and O–H groups in total. The van der Waals surface area contributed by atoms with Crippen LogP contribution in [0, 0.1) is 0 Å². The number of hydrogen-bond donors (Lipinski definition) is 3. The lowest BCUT2D eigenvalue weighted by molar-refractivity contribution is -0.123. The Kier molecular flexibility index (Phi) is 43.4. The number of nitrogens with one attached hydrogen (secondary N) is 1. The molecule has 2 atom stereocenters. The minimum Gasteiger partial charge on any atom is -0.394 e. The first kappa shape index (κ1) is 51.4. The van der Waals surface area contributed by atoms with Gasteiger partial charge in [0.1, 0.15) is 0 Å². The van der Waals surface area contributed by atoms with Crippen LogP contribution < -0.4 is 5.32 Å². The lowest BCUT2D eigenvalue weighted by Crippen LogP contribution is -2.45. The van der Waals surface area contributed by atoms with Crippen molar-refractivity contribution in [1.29, 1.82) is 0 Å². The van der Waals surface area contributed by atoms with Crippen LogP contribution in [-0.4, -0.2) is 34.9 Å². The lowest BCUT2D eigenvalue weighted by atomic mass is 10.0. The molecule has 0 bridgehead atoms. The van der Waals surface area contributed by atoms with Crippen molar-refractivity contribution in [3.63, 3.8) is 0 Å². The summed E-state index contributed by atoms with van der Waals surface area (Å²) >= 11 is 0. The summed E-state index contributed by atoms with van der Waals surface area (Å²) in [5.41, 5.74) is 0. The van der Waals surface area contributed by atoms with Crippen molar-refractivity contribution in [3.05, 3.63) is 48.6 Å². The Balaban J connectivity index is 3.54. The van der Waals surface area contributed by atoms with Crippen LogP contribution in [0.2, 0.25) is 0 Å². The molecule has 53 heavy (non-hydrogen) atoms. The molecule has 0 aromatic heterocycles. The third-order valence-corrected chi connectivity index (χ3v) is 10.6. The third kappa shape index (κ3) is 41.4. The summed E-state index contributed by atoms with van der Waals surface area (Å²) in [6.45, 7) is 4.30. The first-order chi connectivity index (χ1) is 26.2. The summed E-state index contributed by atoms with van der Waals surface area (Å²) < 4.78 is 0. The Morgan fingerprint density at radius 1 is 0.453 bits per heavy atom. The van der Waals surface area contributed by atoms with Crippen molar-refractivity contribution < 1.29 is 15.0 Å². The molecule has 0 heterocycles. The molecule has 0 spiro atoms. The smallest absolute Gasteiger partial charge is 0.220 e. The van der Waals surface area contributed by atoms with Crippen LogP contribution in [0.4, 0.5) is 0 Å². The van der Waals surface area contributed by atoms with Crippen molar-refractivity contribution in [2.75, 3.05) is 6.61 Å². The summed E-state index contributed by atoms with van der Waals surface area (Å²) in [6.07, 6.45) is 60.8. The minimum absolute atomic E-state index is 0.0666. The molecule has 0 rings (SSSR count). The molecule has 0 aromatic carbocycles. The second-order valence-electron chi connectivity index (χ2n) is 15.8. The van der Waals surface area contributed by atoms with E-state index in [1.807, 2.05) is 6.08 Å². The Morgan fingerprint density at radius 3 is 1.15 bits per heavy atom. The van der Waals surface area contributed by atoms with Gasteiger partial charge in [-0.3, -0.25) is 4.79 Å². The van der Waals surface area contributed by atoms with Gasteiger partial charge in [-0.1, -0.05) is 223 Å². The topological polar surface area (TPSA) is 69.6 Å². The van der Waals surface area contributed by atoms with Crippen LogP contribution >= 0.6 is 0 Å². The fourth-order valence-corrected chi connectivity index (χ4v) is 6.95. The highest BCUT2D eigenvalue weighted by atomic mass is 16.3. The van der Waals surface area contributed by atoms with E-state index in [0.717, 1.165) is 38.5 Å². The molecular weight excluding hydrogens is 651 g/mol. The van der Waals surface area contributed by atoms with Gasteiger partial charge in [0, 0.05) is 6.42 Å². The van der Waals surface area contributed by atoms with Gasteiger partial charge in [-0.05, 0) is 57.8 Å². The van der Waals surface area contributed by atoms with E-state index < -0.39 is 12.1 Å². The molecule has 0 saturated heterocycles. The Bertz CT molecular complexity index is 847. The number of carbonyl (C=O) groups is 1. The quantitative estimate of drug-likeness (QED) is 0.0431. The van der Waals surface area contributed by atoms with Gasteiger partial charge in [0.15, 0.2) is 0 Å². The number of hydrogen-bond acceptors (Lipinski definition) is 3. The SMILES string of the molecule is CCCCCCC/C=C\C/C=C\C/C=C\CCCCCCCCCCCCCCC(=O)NC(CO)C(O)/C=C/CCCCCCCCCCCCCC. The average Bonchev–Trinajstić information content (AvgIpc) is 3.16. The summed E-state index contributed by atoms with van der Waals surface area (Å²) in [5.74, 6) is -0.0666. The molecule has 0 aliphatic carbocycles. The highest BCUT2D eigenvalue weighted by molar-refractivity contribution is 5.76. The van der Waals surface area contributed by atoms with Crippen molar-refractivity contribution >= 4 is 5.91 Å². The first-order valence-corrected chi connectivity index (χ1v) is 23.4. The highest BCUT2D eigenvalue weighted by Crippen LogP contribution is 2.15. The van der Waals surface area contributed by atoms with E-state index in [0.29, 0.717) is 6.42 Å². The number of unbranched alkanes of at least 4 members (excludes halogenated alkanes) is 29. The first-order valence-electron chi connectivity index (χ1n) is 23.4. The standard InChI is InChI=1S/C49H91NO3/c1-3-5-7-9-11-13-15-17-19-20-21-22-23-24-25-26-27-28-29-30-31-33-35-37-39-41-43-45-49(53)50-47(46-51)48(52)44-42-40-38-36-34-32-18-16-14-12-10-8-6-4-2/h15,17,20-21,23-24,42,44,47-48,51-52H,3-14,16,18-19,22,25-41,43,45-46H2,1-2H3,(H,50,53)/b17-15-,21-20-,24-23-,44-42+. The van der Waals surface area contributed by atoms with Crippen LogP contribution in [0.3, 0.4) is 0 Å². The zero-order valence-electron chi connectivity index (χ0n) is 35.5. The normalized spacial score (nSPS) is 13.4. The maximum atomic E-state index is 12.4. The zero-order chi connectivity index (χ0) is 38.6. The number of allylic oxidation sites excluding steroid dienone is 7. The van der Waals surface area contributed by atoms with Crippen LogP contribution in [0.5, 0.6) is 0 Å². The third-order valence-electron chi connectivity index (χ3n) is 10.6. The van der Waals surface area contributed by atoms with Crippen molar-refractivity contribution in [2.45, 2.75) is 251 Å². The molecule has 4 heteroatoms. The lowest BCUT2D eigenvalue weighted by Gasteiger charge is -2.20. The van der Waals surface area contributed by atoms with Crippen LogP contribution in [0.1, 0.15) is 239 Å². The van der Waals surface area contributed by atoms with E-state index in [-0.39, 0.29) is 12.5 Å². The largest absolute Gasteiger partial charge is 0.394 e. The zero-order valence-corrected chi connectivity index (χ0v) is 35.5. The molecule has 0 fully saturated rings. The number of aliphatic hydroxyl groups is 2. The molecule has 0 aliphatic rings. The molecule has 0 aliphatic heterocycles. The molecule has 310 valence electrons. The van der Waals surface area contributed by atoms with Crippen LogP contribution in [-0.2, 0) is 4.79 Å². The molecule has 0 radical (unpaired) electrons. The van der Waals surface area contributed by atoms with E-state index in [4.69, 9.17) is 0 Å². The molecule has 1 amide bonds. The molecule has 0 saturated carbocycles. The van der Waals surface area contributed by atoms with Gasteiger partial charge < -0.3 is 15.5 Å². The summed E-state index contributed by atoms with van der Waals surface area (Å²) in [7, 11) is 0. The number of carbonyl (C=O) groups excluding carboxylic acids is 1. The summed E-state index contributed by atoms with van der Waals surface area (Å²) in [5, 5.41) is 23.0. The van der Waals surface area contributed by atoms with E-state index in [1.165, 1.54) is 180 Å². The Labute approximate surface area is 331 Å². The second-order valence-corrected chi connectivity index (χ2v) is 15.8. The predicted molar refractivity (Wildman–Crippen MR) is 235 cm³/mol. The van der Waals surface area contributed by atoms with Crippen LogP contribution in [0.15, 0.2) is 48.6 Å². The highest BCUT2D eigenvalue weighted by Gasteiger charge is 2.17. The van der Waals surface area contributed by atoms with E-state index >= 15 is 0 Å². The predicted octanol–water partition coefficient (Wildman–Crippen LogP) is 14.7.